The van der Waals surface area contributed by atoms with Crippen molar-refractivity contribution in [1.82, 2.24) is 20.2 Å². The molecule has 2 N–H and O–H groups in total. The monoisotopic (exact) mass is 285 g/mol. The Morgan fingerprint density at radius 3 is 2.48 bits per heavy atom. The molecule has 2 heterocycles. The minimum absolute atomic E-state index is 0.502. The summed E-state index contributed by atoms with van der Waals surface area (Å²) < 4.78 is 0. The third kappa shape index (κ3) is 3.40. The molecule has 5 heteroatoms. The number of aromatic amines is 1. The first kappa shape index (κ1) is 14.0. The molecule has 3 rings (SSSR count). The highest BCUT2D eigenvalue weighted by molar-refractivity contribution is 5.52. The highest BCUT2D eigenvalue weighted by Gasteiger charge is 2.22. The van der Waals surface area contributed by atoms with E-state index in [9.17, 15) is 0 Å². The molecule has 0 saturated heterocycles. The van der Waals surface area contributed by atoms with Crippen molar-refractivity contribution < 1.29 is 0 Å². The Hall–Kier alpha value is -1.91. The van der Waals surface area contributed by atoms with Crippen LogP contribution in [0.1, 0.15) is 55.7 Å². The van der Waals surface area contributed by atoms with Crippen LogP contribution in [0.25, 0.3) is 0 Å². The SMILES string of the molecule is Cc1cc(Nc2cc(C)[nH]n2)nc(C2CCC(C)CC2)n1. The van der Waals surface area contributed by atoms with Crippen LogP contribution in [0.5, 0.6) is 0 Å². The molecule has 112 valence electrons. The topological polar surface area (TPSA) is 66.5 Å². The average Bonchev–Trinajstić information content (AvgIpc) is 2.84. The lowest BCUT2D eigenvalue weighted by atomic mass is 9.82. The first-order valence-corrected chi connectivity index (χ1v) is 7.75. The van der Waals surface area contributed by atoms with Crippen LogP contribution in [-0.2, 0) is 0 Å². The normalized spacial score (nSPS) is 22.2. The second-order valence-electron chi connectivity index (χ2n) is 6.27. The van der Waals surface area contributed by atoms with Gasteiger partial charge < -0.3 is 5.32 Å². The van der Waals surface area contributed by atoms with Crippen LogP contribution in [0, 0.1) is 19.8 Å². The molecule has 0 unspecified atom stereocenters. The Morgan fingerprint density at radius 1 is 1.05 bits per heavy atom. The quantitative estimate of drug-likeness (QED) is 0.898. The highest BCUT2D eigenvalue weighted by Crippen LogP contribution is 2.34. The molecule has 0 bridgehead atoms. The van der Waals surface area contributed by atoms with Gasteiger partial charge >= 0.3 is 0 Å². The maximum absolute atomic E-state index is 4.71. The molecule has 0 atom stereocenters. The van der Waals surface area contributed by atoms with E-state index < -0.39 is 0 Å². The van der Waals surface area contributed by atoms with E-state index in [-0.39, 0.29) is 0 Å². The molecule has 1 fully saturated rings. The summed E-state index contributed by atoms with van der Waals surface area (Å²) in [6, 6.07) is 3.94. The summed E-state index contributed by atoms with van der Waals surface area (Å²) in [7, 11) is 0. The third-order valence-electron chi connectivity index (χ3n) is 4.21. The zero-order valence-corrected chi connectivity index (χ0v) is 13.0. The molecular formula is C16H23N5. The third-order valence-corrected chi connectivity index (χ3v) is 4.21. The molecule has 0 radical (unpaired) electrons. The summed E-state index contributed by atoms with van der Waals surface area (Å²) in [5.74, 6) is 3.96. The van der Waals surface area contributed by atoms with Gasteiger partial charge in [-0.25, -0.2) is 9.97 Å². The van der Waals surface area contributed by atoms with Crippen molar-refractivity contribution in [3.8, 4) is 0 Å². The van der Waals surface area contributed by atoms with Crippen molar-refractivity contribution >= 4 is 11.6 Å². The summed E-state index contributed by atoms with van der Waals surface area (Å²) in [4.78, 5) is 9.36. The Kier molecular flexibility index (Phi) is 3.90. The van der Waals surface area contributed by atoms with Gasteiger partial charge in [-0.15, -0.1) is 0 Å². The van der Waals surface area contributed by atoms with E-state index >= 15 is 0 Å². The van der Waals surface area contributed by atoms with Crippen LogP contribution >= 0.6 is 0 Å². The smallest absolute Gasteiger partial charge is 0.153 e. The lowest BCUT2D eigenvalue weighted by Crippen LogP contribution is -2.14. The maximum Gasteiger partial charge on any atom is 0.153 e. The van der Waals surface area contributed by atoms with E-state index in [4.69, 9.17) is 4.98 Å². The number of hydrogen-bond acceptors (Lipinski definition) is 4. The molecule has 1 saturated carbocycles. The lowest BCUT2D eigenvalue weighted by Gasteiger charge is -2.25. The largest absolute Gasteiger partial charge is 0.323 e. The Labute approximate surface area is 125 Å². The van der Waals surface area contributed by atoms with Crippen LogP contribution < -0.4 is 5.32 Å². The first-order chi connectivity index (χ1) is 10.1. The lowest BCUT2D eigenvalue weighted by molar-refractivity contribution is 0.339. The number of nitrogens with zero attached hydrogens (tertiary/aromatic N) is 3. The number of H-pyrrole nitrogens is 1. The Bertz CT molecular complexity index is 611. The number of anilines is 2. The fourth-order valence-electron chi connectivity index (χ4n) is 2.97. The van der Waals surface area contributed by atoms with Gasteiger partial charge in [0, 0.05) is 29.4 Å². The predicted molar refractivity (Wildman–Crippen MR) is 83.7 cm³/mol. The van der Waals surface area contributed by atoms with E-state index in [2.05, 4.69) is 27.4 Å². The van der Waals surface area contributed by atoms with E-state index in [0.717, 1.165) is 34.8 Å². The summed E-state index contributed by atoms with van der Waals surface area (Å²) in [5, 5.41) is 10.4. The number of hydrogen-bond donors (Lipinski definition) is 2. The van der Waals surface area contributed by atoms with Gasteiger partial charge in [-0.05, 0) is 32.6 Å². The summed E-state index contributed by atoms with van der Waals surface area (Å²) in [5.41, 5.74) is 2.04. The highest BCUT2D eigenvalue weighted by atomic mass is 15.2. The van der Waals surface area contributed by atoms with Gasteiger partial charge in [-0.3, -0.25) is 5.10 Å². The Morgan fingerprint density at radius 2 is 1.81 bits per heavy atom. The molecule has 2 aromatic heterocycles. The van der Waals surface area contributed by atoms with Crippen LogP contribution in [0.2, 0.25) is 0 Å². The molecule has 21 heavy (non-hydrogen) atoms. The van der Waals surface area contributed by atoms with Gasteiger partial charge in [-0.2, -0.15) is 5.10 Å². The van der Waals surface area contributed by atoms with Crippen LogP contribution in [0.3, 0.4) is 0 Å². The molecule has 5 nitrogen and oxygen atoms in total. The van der Waals surface area contributed by atoms with Gasteiger partial charge in [-0.1, -0.05) is 19.8 Å². The first-order valence-electron chi connectivity index (χ1n) is 7.75. The molecule has 0 spiro atoms. The van der Waals surface area contributed by atoms with Crippen LogP contribution in [-0.4, -0.2) is 20.2 Å². The minimum Gasteiger partial charge on any atom is -0.323 e. The second-order valence-corrected chi connectivity index (χ2v) is 6.27. The molecular weight excluding hydrogens is 262 g/mol. The van der Waals surface area contributed by atoms with Gasteiger partial charge in [0.05, 0.1) is 0 Å². The van der Waals surface area contributed by atoms with Crippen molar-refractivity contribution in [3.05, 3.63) is 29.3 Å². The number of aromatic nitrogens is 4. The summed E-state index contributed by atoms with van der Waals surface area (Å²) in [6.45, 7) is 6.34. The van der Waals surface area contributed by atoms with Crippen molar-refractivity contribution in [2.75, 3.05) is 5.32 Å². The molecule has 1 aliphatic carbocycles. The Balaban J connectivity index is 1.79. The summed E-state index contributed by atoms with van der Waals surface area (Å²) >= 11 is 0. The van der Waals surface area contributed by atoms with Crippen molar-refractivity contribution in [2.45, 2.75) is 52.4 Å². The number of rotatable bonds is 3. The van der Waals surface area contributed by atoms with Gasteiger partial charge in [0.2, 0.25) is 0 Å². The zero-order valence-electron chi connectivity index (χ0n) is 13.0. The van der Waals surface area contributed by atoms with E-state index in [1.54, 1.807) is 0 Å². The van der Waals surface area contributed by atoms with E-state index in [1.165, 1.54) is 25.7 Å². The molecule has 2 aromatic rings. The van der Waals surface area contributed by atoms with Crippen LogP contribution in [0.15, 0.2) is 12.1 Å². The number of aryl methyl sites for hydroxylation is 2. The number of nitrogens with one attached hydrogen (secondary N) is 2. The predicted octanol–water partition coefficient (Wildman–Crippen LogP) is 3.85. The van der Waals surface area contributed by atoms with Gasteiger partial charge in [0.1, 0.15) is 11.6 Å². The van der Waals surface area contributed by atoms with Crippen LogP contribution in [0.4, 0.5) is 11.6 Å². The average molecular weight is 285 g/mol. The van der Waals surface area contributed by atoms with Crippen molar-refractivity contribution in [3.63, 3.8) is 0 Å². The van der Waals surface area contributed by atoms with Crippen molar-refractivity contribution in [1.29, 1.82) is 0 Å². The second kappa shape index (κ2) is 5.84. The van der Waals surface area contributed by atoms with Gasteiger partial charge in [0.15, 0.2) is 5.82 Å². The minimum atomic E-state index is 0.502. The van der Waals surface area contributed by atoms with E-state index in [0.29, 0.717) is 5.92 Å². The standard InChI is InChI=1S/C16H23N5/c1-10-4-6-13(7-5-10)16-17-11(2)8-14(19-16)18-15-9-12(3)20-21-15/h8-10,13H,4-7H2,1-3H3,(H2,17,18,19,20,21). The van der Waals surface area contributed by atoms with Gasteiger partial charge in [0.25, 0.3) is 0 Å². The van der Waals surface area contributed by atoms with E-state index in [1.807, 2.05) is 26.0 Å². The molecule has 1 aliphatic rings. The molecule has 0 aliphatic heterocycles. The summed E-state index contributed by atoms with van der Waals surface area (Å²) in [6.07, 6.45) is 4.96. The maximum atomic E-state index is 4.71. The zero-order chi connectivity index (χ0) is 14.8. The fourth-order valence-corrected chi connectivity index (χ4v) is 2.97. The fraction of sp³-hybridized carbons (Fsp3) is 0.562. The molecule has 0 amide bonds. The molecule has 0 aromatic carbocycles. The van der Waals surface area contributed by atoms with Crippen molar-refractivity contribution in [2.24, 2.45) is 5.92 Å².